The van der Waals surface area contributed by atoms with E-state index in [0.717, 1.165) is 25.0 Å². The Labute approximate surface area is 97.9 Å². The summed E-state index contributed by atoms with van der Waals surface area (Å²) in [6, 6.07) is 10.6. The fourth-order valence-corrected chi connectivity index (χ4v) is 2.91. The van der Waals surface area contributed by atoms with Gasteiger partial charge < -0.3 is 4.79 Å². The Hall–Kier alpha value is -1.11. The summed E-state index contributed by atoms with van der Waals surface area (Å²) < 4.78 is 0. The summed E-state index contributed by atoms with van der Waals surface area (Å²) in [4.78, 5) is 10.8. The van der Waals surface area contributed by atoms with Gasteiger partial charge in [-0.05, 0) is 23.8 Å². The van der Waals surface area contributed by atoms with Crippen LogP contribution in [0.4, 0.5) is 0 Å². The first-order chi connectivity index (χ1) is 7.90. The zero-order valence-corrected chi connectivity index (χ0v) is 9.77. The highest BCUT2D eigenvalue weighted by molar-refractivity contribution is 5.50. The van der Waals surface area contributed by atoms with Crippen molar-refractivity contribution in [2.24, 2.45) is 11.8 Å². The maximum atomic E-state index is 10.8. The average molecular weight is 216 g/mol. The van der Waals surface area contributed by atoms with E-state index in [9.17, 15) is 4.79 Å². The van der Waals surface area contributed by atoms with E-state index >= 15 is 0 Å². The molecule has 1 heteroatoms. The molecule has 1 fully saturated rings. The quantitative estimate of drug-likeness (QED) is 0.687. The number of benzene rings is 1. The fourth-order valence-electron chi connectivity index (χ4n) is 2.91. The molecule has 1 nitrogen and oxygen atoms in total. The van der Waals surface area contributed by atoms with Crippen molar-refractivity contribution in [2.45, 2.75) is 38.5 Å². The molecule has 0 N–H and O–H groups in total. The van der Waals surface area contributed by atoms with Crippen LogP contribution < -0.4 is 0 Å². The van der Waals surface area contributed by atoms with Gasteiger partial charge in [-0.3, -0.25) is 0 Å². The second kappa shape index (κ2) is 5.83. The van der Waals surface area contributed by atoms with Crippen LogP contribution in [0.2, 0.25) is 0 Å². The van der Waals surface area contributed by atoms with Gasteiger partial charge in [0.15, 0.2) is 0 Å². The van der Waals surface area contributed by atoms with Crippen molar-refractivity contribution in [1.29, 1.82) is 0 Å². The molecule has 1 aromatic carbocycles. The Bertz CT molecular complexity index is 311. The van der Waals surface area contributed by atoms with E-state index in [0.29, 0.717) is 5.92 Å². The van der Waals surface area contributed by atoms with E-state index in [-0.39, 0.29) is 0 Å². The van der Waals surface area contributed by atoms with E-state index in [1.165, 1.54) is 31.2 Å². The van der Waals surface area contributed by atoms with E-state index < -0.39 is 0 Å². The molecular formula is C15H20O. The van der Waals surface area contributed by atoms with Gasteiger partial charge in [0.25, 0.3) is 0 Å². The first-order valence-corrected chi connectivity index (χ1v) is 6.37. The van der Waals surface area contributed by atoms with Gasteiger partial charge in [-0.15, -0.1) is 0 Å². The Morgan fingerprint density at radius 3 is 2.50 bits per heavy atom. The fraction of sp³-hybridized carbons (Fsp3) is 0.533. The molecule has 0 spiro atoms. The van der Waals surface area contributed by atoms with Gasteiger partial charge in [0.05, 0.1) is 0 Å². The third-order valence-corrected chi connectivity index (χ3v) is 3.81. The predicted octanol–water partition coefficient (Wildman–Crippen LogP) is 3.62. The minimum atomic E-state index is 0.572. The number of rotatable bonds is 5. The van der Waals surface area contributed by atoms with Crippen LogP contribution >= 0.6 is 0 Å². The van der Waals surface area contributed by atoms with Gasteiger partial charge in [0.2, 0.25) is 0 Å². The zero-order chi connectivity index (χ0) is 11.2. The highest BCUT2D eigenvalue weighted by Crippen LogP contribution is 2.34. The minimum absolute atomic E-state index is 0.572. The Morgan fingerprint density at radius 2 is 1.88 bits per heavy atom. The molecule has 0 bridgehead atoms. The van der Waals surface area contributed by atoms with E-state index in [1.807, 2.05) is 6.07 Å². The summed E-state index contributed by atoms with van der Waals surface area (Å²) in [6.45, 7) is 0. The second-order valence-electron chi connectivity index (χ2n) is 4.90. The summed E-state index contributed by atoms with van der Waals surface area (Å²) in [6.07, 6.45) is 8.27. The molecule has 1 saturated carbocycles. The smallest absolute Gasteiger partial charge is 0.120 e. The van der Waals surface area contributed by atoms with Crippen LogP contribution in [-0.2, 0) is 11.2 Å². The highest BCUT2D eigenvalue weighted by Gasteiger charge is 2.24. The van der Waals surface area contributed by atoms with E-state index in [2.05, 4.69) is 24.3 Å². The number of aldehydes is 1. The van der Waals surface area contributed by atoms with Crippen molar-refractivity contribution < 1.29 is 4.79 Å². The summed E-state index contributed by atoms with van der Waals surface area (Å²) in [5.74, 6) is 1.35. The molecule has 1 aromatic rings. The maximum Gasteiger partial charge on any atom is 0.120 e. The molecule has 0 aromatic heterocycles. The van der Waals surface area contributed by atoms with Crippen LogP contribution in [-0.4, -0.2) is 6.29 Å². The molecule has 0 aliphatic heterocycles. The van der Waals surface area contributed by atoms with Gasteiger partial charge in [-0.25, -0.2) is 0 Å². The normalized spacial score (nSPS) is 18.5. The lowest BCUT2D eigenvalue weighted by Crippen LogP contribution is -2.15. The Kier molecular flexibility index (Phi) is 4.15. The lowest BCUT2D eigenvalue weighted by atomic mass is 9.84. The molecule has 16 heavy (non-hydrogen) atoms. The molecule has 0 amide bonds. The van der Waals surface area contributed by atoms with Crippen molar-refractivity contribution in [1.82, 2.24) is 0 Å². The monoisotopic (exact) mass is 216 g/mol. The molecule has 1 unspecified atom stereocenters. The standard InChI is InChI=1S/C15H20O/c16-11-10-15(14-8-4-5-9-14)12-13-6-2-1-3-7-13/h1-3,6-7,11,14-15H,4-5,8-10,12H2. The van der Waals surface area contributed by atoms with Crippen LogP contribution in [0.25, 0.3) is 0 Å². The van der Waals surface area contributed by atoms with Crippen LogP contribution in [0, 0.1) is 11.8 Å². The first kappa shape index (κ1) is 11.4. The molecule has 1 aliphatic rings. The van der Waals surface area contributed by atoms with Crippen molar-refractivity contribution in [2.75, 3.05) is 0 Å². The number of hydrogen-bond donors (Lipinski definition) is 0. The van der Waals surface area contributed by atoms with Crippen LogP contribution in [0.3, 0.4) is 0 Å². The first-order valence-electron chi connectivity index (χ1n) is 6.37. The van der Waals surface area contributed by atoms with Crippen molar-refractivity contribution in [3.63, 3.8) is 0 Å². The number of carbonyl (C=O) groups is 1. The molecule has 1 atom stereocenters. The van der Waals surface area contributed by atoms with Crippen LogP contribution in [0.15, 0.2) is 30.3 Å². The van der Waals surface area contributed by atoms with Crippen molar-refractivity contribution in [3.8, 4) is 0 Å². The molecule has 0 radical (unpaired) electrons. The third-order valence-electron chi connectivity index (χ3n) is 3.81. The second-order valence-corrected chi connectivity index (χ2v) is 4.90. The largest absolute Gasteiger partial charge is 0.303 e. The average Bonchev–Trinajstić information content (AvgIpc) is 2.83. The number of carbonyl (C=O) groups excluding carboxylic acids is 1. The maximum absolute atomic E-state index is 10.8. The molecular weight excluding hydrogens is 196 g/mol. The van der Waals surface area contributed by atoms with Gasteiger partial charge in [0, 0.05) is 6.42 Å². The highest BCUT2D eigenvalue weighted by atomic mass is 16.1. The Balaban J connectivity index is 1.99. The topological polar surface area (TPSA) is 17.1 Å². The van der Waals surface area contributed by atoms with Crippen LogP contribution in [0.5, 0.6) is 0 Å². The minimum Gasteiger partial charge on any atom is -0.303 e. The van der Waals surface area contributed by atoms with Gasteiger partial charge in [0.1, 0.15) is 6.29 Å². The lowest BCUT2D eigenvalue weighted by Gasteiger charge is -2.21. The van der Waals surface area contributed by atoms with E-state index in [4.69, 9.17) is 0 Å². The van der Waals surface area contributed by atoms with Gasteiger partial charge in [-0.1, -0.05) is 56.0 Å². The van der Waals surface area contributed by atoms with Crippen molar-refractivity contribution >= 4 is 6.29 Å². The van der Waals surface area contributed by atoms with Crippen molar-refractivity contribution in [3.05, 3.63) is 35.9 Å². The summed E-state index contributed by atoms with van der Waals surface area (Å²) in [7, 11) is 0. The zero-order valence-electron chi connectivity index (χ0n) is 9.77. The van der Waals surface area contributed by atoms with Gasteiger partial charge in [-0.2, -0.15) is 0 Å². The molecule has 2 rings (SSSR count). The lowest BCUT2D eigenvalue weighted by molar-refractivity contribution is -0.109. The summed E-state index contributed by atoms with van der Waals surface area (Å²) >= 11 is 0. The summed E-state index contributed by atoms with van der Waals surface area (Å²) in [5.41, 5.74) is 1.38. The molecule has 0 saturated heterocycles. The van der Waals surface area contributed by atoms with Gasteiger partial charge >= 0.3 is 0 Å². The molecule has 0 heterocycles. The SMILES string of the molecule is O=CCC(Cc1ccccc1)C1CCCC1. The molecule has 1 aliphatic carbocycles. The van der Waals surface area contributed by atoms with Crippen LogP contribution in [0.1, 0.15) is 37.7 Å². The third kappa shape index (κ3) is 2.94. The Morgan fingerprint density at radius 1 is 1.19 bits per heavy atom. The molecule has 86 valence electrons. The number of hydrogen-bond acceptors (Lipinski definition) is 1. The predicted molar refractivity (Wildman–Crippen MR) is 66.3 cm³/mol. The van der Waals surface area contributed by atoms with E-state index in [1.54, 1.807) is 0 Å². The summed E-state index contributed by atoms with van der Waals surface area (Å²) in [5, 5.41) is 0.